The second kappa shape index (κ2) is 10.2. The predicted octanol–water partition coefficient (Wildman–Crippen LogP) is 3.61. The van der Waals surface area contributed by atoms with Gasteiger partial charge in [-0.05, 0) is 45.7 Å². The van der Waals surface area contributed by atoms with Crippen molar-refractivity contribution < 1.29 is 23.9 Å². The molecule has 0 radical (unpaired) electrons. The maximum atomic E-state index is 11.6. The van der Waals surface area contributed by atoms with Gasteiger partial charge in [0.15, 0.2) is 5.13 Å². The largest absolute Gasteiger partial charge is 0.443 e. The molecule has 0 unspecified atom stereocenters. The van der Waals surface area contributed by atoms with Gasteiger partial charge in [-0.1, -0.05) is 0 Å². The van der Waals surface area contributed by atoms with Crippen LogP contribution >= 0.6 is 22.7 Å². The second-order valence-electron chi connectivity index (χ2n) is 7.02. The molecule has 0 fully saturated rings. The third-order valence-electron chi connectivity index (χ3n) is 3.19. The van der Waals surface area contributed by atoms with Crippen LogP contribution in [0.2, 0.25) is 0 Å². The monoisotopic (exact) mass is 440 g/mol. The van der Waals surface area contributed by atoms with E-state index in [4.69, 9.17) is 9.47 Å². The molecule has 2 heterocycles. The van der Waals surface area contributed by atoms with E-state index in [2.05, 4.69) is 21.2 Å². The van der Waals surface area contributed by atoms with Gasteiger partial charge in [-0.15, -0.1) is 22.7 Å². The molecule has 3 N–H and O–H groups in total. The lowest BCUT2D eigenvalue weighted by Gasteiger charge is -2.19. The minimum Gasteiger partial charge on any atom is -0.443 e. The number of ether oxygens (including phenoxy) is 2. The first kappa shape index (κ1) is 22.6. The van der Waals surface area contributed by atoms with Crippen LogP contribution in [-0.4, -0.2) is 28.7 Å². The van der Waals surface area contributed by atoms with Crippen LogP contribution in [0.15, 0.2) is 17.5 Å². The van der Waals surface area contributed by atoms with Crippen LogP contribution in [0.5, 0.6) is 0 Å². The Labute approximate surface area is 176 Å². The van der Waals surface area contributed by atoms with E-state index < -0.39 is 17.8 Å². The fourth-order valence-electron chi connectivity index (χ4n) is 2.09. The Kier molecular flexibility index (Phi) is 7.97. The lowest BCUT2D eigenvalue weighted by molar-refractivity contribution is -0.114. The highest BCUT2D eigenvalue weighted by Crippen LogP contribution is 2.21. The number of anilines is 1. The average molecular weight is 441 g/mol. The maximum absolute atomic E-state index is 11.6. The molecule has 0 spiro atoms. The number of amides is 3. The standard InChI is InChI=1S/C18H24N4O5S2/c1-11(23)19-15-20-12(10-28-15)5-6-13-7-8-14(29-13)9-26-16(24)21-22-17(25)27-18(2,3)4/h7-8,10H,5-6,9H2,1-4H3,(H,21,24)(H,22,25)(H,19,20,23). The summed E-state index contributed by atoms with van der Waals surface area (Å²) < 4.78 is 10.1. The number of thiophene rings is 1. The molecule has 0 aliphatic carbocycles. The van der Waals surface area contributed by atoms with Crippen molar-refractivity contribution in [1.29, 1.82) is 0 Å². The number of aromatic nitrogens is 1. The first-order valence-corrected chi connectivity index (χ1v) is 10.5. The summed E-state index contributed by atoms with van der Waals surface area (Å²) >= 11 is 2.93. The Bertz CT molecular complexity index is 857. The fourth-order valence-corrected chi connectivity index (χ4v) is 3.82. The highest BCUT2D eigenvalue weighted by Gasteiger charge is 2.16. The number of nitrogens with one attached hydrogen (secondary N) is 3. The van der Waals surface area contributed by atoms with Gasteiger partial charge in [0.1, 0.15) is 12.2 Å². The van der Waals surface area contributed by atoms with Crippen molar-refractivity contribution in [3.8, 4) is 0 Å². The van der Waals surface area contributed by atoms with Crippen molar-refractivity contribution in [2.45, 2.75) is 52.7 Å². The molecule has 11 heteroatoms. The molecule has 158 valence electrons. The zero-order valence-corrected chi connectivity index (χ0v) is 18.3. The average Bonchev–Trinajstić information content (AvgIpc) is 3.23. The first-order valence-electron chi connectivity index (χ1n) is 8.82. The summed E-state index contributed by atoms with van der Waals surface area (Å²) in [5.74, 6) is -0.140. The Balaban J connectivity index is 1.70. The zero-order valence-electron chi connectivity index (χ0n) is 16.7. The van der Waals surface area contributed by atoms with Crippen LogP contribution < -0.4 is 16.2 Å². The van der Waals surface area contributed by atoms with Crippen LogP contribution in [0, 0.1) is 0 Å². The van der Waals surface area contributed by atoms with Gasteiger partial charge in [0.05, 0.1) is 5.69 Å². The molecule has 29 heavy (non-hydrogen) atoms. The SMILES string of the molecule is CC(=O)Nc1nc(CCc2ccc(COC(=O)NNC(=O)OC(C)(C)C)s2)cs1. The molecule has 0 bridgehead atoms. The summed E-state index contributed by atoms with van der Waals surface area (Å²) in [4.78, 5) is 40.5. The lowest BCUT2D eigenvalue weighted by atomic mass is 10.2. The number of carbonyl (C=O) groups excluding carboxylic acids is 3. The number of aryl methyl sites for hydroxylation is 2. The van der Waals surface area contributed by atoms with Crippen LogP contribution in [0.1, 0.15) is 43.1 Å². The molecule has 0 aromatic carbocycles. The van der Waals surface area contributed by atoms with Crippen molar-refractivity contribution in [2.24, 2.45) is 0 Å². The maximum Gasteiger partial charge on any atom is 0.426 e. The van der Waals surface area contributed by atoms with Gasteiger partial charge >= 0.3 is 12.2 Å². The van der Waals surface area contributed by atoms with Crippen molar-refractivity contribution >= 4 is 45.9 Å². The lowest BCUT2D eigenvalue weighted by Crippen LogP contribution is -2.44. The van der Waals surface area contributed by atoms with Crippen molar-refractivity contribution in [3.05, 3.63) is 33.0 Å². The smallest absolute Gasteiger partial charge is 0.426 e. The number of nitrogens with zero attached hydrogens (tertiary/aromatic N) is 1. The Morgan fingerprint density at radius 2 is 1.76 bits per heavy atom. The highest BCUT2D eigenvalue weighted by molar-refractivity contribution is 7.14. The minimum atomic E-state index is -0.779. The third kappa shape index (κ3) is 8.92. The van der Waals surface area contributed by atoms with Gasteiger partial charge in [0, 0.05) is 22.1 Å². The van der Waals surface area contributed by atoms with Gasteiger partial charge in [-0.25, -0.2) is 25.4 Å². The van der Waals surface area contributed by atoms with Gasteiger partial charge in [0.2, 0.25) is 5.91 Å². The Hall–Kier alpha value is -2.66. The van der Waals surface area contributed by atoms with Crippen LogP contribution in [-0.2, 0) is 33.7 Å². The molecule has 2 aromatic heterocycles. The molecule has 2 rings (SSSR count). The fraction of sp³-hybridized carbons (Fsp3) is 0.444. The highest BCUT2D eigenvalue weighted by atomic mass is 32.1. The number of hydrazine groups is 1. The van der Waals surface area contributed by atoms with E-state index in [0.717, 1.165) is 28.3 Å². The summed E-state index contributed by atoms with van der Waals surface area (Å²) in [7, 11) is 0. The number of carbonyl (C=O) groups is 3. The van der Waals surface area contributed by atoms with Crippen LogP contribution in [0.4, 0.5) is 14.7 Å². The van der Waals surface area contributed by atoms with E-state index in [9.17, 15) is 14.4 Å². The van der Waals surface area contributed by atoms with Crippen molar-refractivity contribution in [1.82, 2.24) is 15.8 Å². The molecule has 0 saturated carbocycles. The molecule has 3 amide bonds. The summed E-state index contributed by atoms with van der Waals surface area (Å²) in [5, 5.41) is 5.18. The second-order valence-corrected chi connectivity index (χ2v) is 9.13. The molecule has 0 atom stereocenters. The number of thiazole rings is 1. The number of hydrogen-bond donors (Lipinski definition) is 3. The van der Waals surface area contributed by atoms with Crippen molar-refractivity contribution in [2.75, 3.05) is 5.32 Å². The normalized spacial score (nSPS) is 10.9. The van der Waals surface area contributed by atoms with E-state index in [1.807, 2.05) is 17.5 Å². The topological polar surface area (TPSA) is 119 Å². The number of hydrogen-bond acceptors (Lipinski definition) is 8. The van der Waals surface area contributed by atoms with Gasteiger partial charge < -0.3 is 14.8 Å². The van der Waals surface area contributed by atoms with E-state index in [-0.39, 0.29) is 12.5 Å². The van der Waals surface area contributed by atoms with Gasteiger partial charge in [-0.2, -0.15) is 0 Å². The molecule has 0 saturated heterocycles. The van der Waals surface area contributed by atoms with Crippen LogP contribution in [0.3, 0.4) is 0 Å². The molecule has 2 aromatic rings. The molecular weight excluding hydrogens is 416 g/mol. The number of rotatable bonds is 6. The Morgan fingerprint density at radius 3 is 2.45 bits per heavy atom. The summed E-state index contributed by atoms with van der Waals surface area (Å²) in [6.45, 7) is 6.70. The summed E-state index contributed by atoms with van der Waals surface area (Å²) in [6, 6.07) is 3.86. The zero-order chi connectivity index (χ0) is 21.4. The summed E-state index contributed by atoms with van der Waals surface area (Å²) in [6.07, 6.45) is -0.00680. The molecule has 9 nitrogen and oxygen atoms in total. The van der Waals surface area contributed by atoms with Crippen LogP contribution in [0.25, 0.3) is 0 Å². The molecule has 0 aliphatic rings. The third-order valence-corrected chi connectivity index (χ3v) is 5.12. The molecule has 0 aliphatic heterocycles. The van der Waals surface area contributed by atoms with Crippen molar-refractivity contribution in [3.63, 3.8) is 0 Å². The predicted molar refractivity (Wildman–Crippen MR) is 111 cm³/mol. The van der Waals surface area contributed by atoms with E-state index in [0.29, 0.717) is 5.13 Å². The molecular formula is C18H24N4O5S2. The van der Waals surface area contributed by atoms with E-state index >= 15 is 0 Å². The quantitative estimate of drug-likeness (QED) is 0.591. The first-order chi connectivity index (χ1) is 13.6. The Morgan fingerprint density at radius 1 is 1.07 bits per heavy atom. The minimum absolute atomic E-state index is 0.0931. The van der Waals surface area contributed by atoms with E-state index in [1.165, 1.54) is 29.6 Å². The summed E-state index contributed by atoms with van der Waals surface area (Å²) in [5.41, 5.74) is 4.50. The van der Waals surface area contributed by atoms with Gasteiger partial charge in [-0.3, -0.25) is 4.79 Å². The van der Waals surface area contributed by atoms with E-state index in [1.54, 1.807) is 20.8 Å². The van der Waals surface area contributed by atoms with Gasteiger partial charge in [0.25, 0.3) is 0 Å².